The van der Waals surface area contributed by atoms with Crippen LogP contribution in [0.25, 0.3) is 66.1 Å². The van der Waals surface area contributed by atoms with E-state index < -0.39 is 0 Å². The van der Waals surface area contributed by atoms with Crippen molar-refractivity contribution in [3.63, 3.8) is 0 Å². The normalized spacial score (nSPS) is 11.8. The Kier molecular flexibility index (Phi) is 4.99. The second-order valence-corrected chi connectivity index (χ2v) is 10.7. The molecule has 0 aliphatic rings. The Morgan fingerprint density at radius 2 is 0.800 bits per heavy atom. The maximum Gasteiger partial charge on any atom is 0.0738 e. The Morgan fingerprint density at radius 1 is 0.375 bits per heavy atom. The van der Waals surface area contributed by atoms with Crippen molar-refractivity contribution in [2.24, 2.45) is 0 Å². The largest absolute Gasteiger partial charge is 0.307 e. The van der Waals surface area contributed by atoms with Crippen LogP contribution in [0.1, 0.15) is 11.1 Å². The predicted molar refractivity (Wildman–Crippen MR) is 170 cm³/mol. The molecule has 8 aromatic rings. The van der Waals surface area contributed by atoms with Crippen LogP contribution in [0.3, 0.4) is 0 Å². The Hall–Kier alpha value is -5.08. The molecule has 40 heavy (non-hydrogen) atoms. The van der Waals surface area contributed by atoms with E-state index in [1.165, 1.54) is 77.2 Å². The standard InChI is InChI=1S/C38H28N2/c1-25-13-3-4-14-27(25)28-23-24-37(39-33-19-9-5-15-29(33)30-16-6-10-20-34(30)39)38(26(28)2)40-35-21-11-7-17-31(35)32-18-8-12-22-36(32)40/h3-24H,1-2H3. The molecule has 0 unspecified atom stereocenters. The SMILES string of the molecule is Cc1ccccc1-c1ccc(-n2c3ccccc3c3ccccc32)c(-n2c3ccccc3c3ccccc32)c1C. The number of benzene rings is 6. The minimum absolute atomic E-state index is 1.18. The molecule has 6 aromatic carbocycles. The molecule has 0 aliphatic carbocycles. The zero-order valence-corrected chi connectivity index (χ0v) is 22.6. The highest BCUT2D eigenvalue weighted by molar-refractivity contribution is 6.11. The van der Waals surface area contributed by atoms with Gasteiger partial charge in [-0.25, -0.2) is 0 Å². The van der Waals surface area contributed by atoms with Gasteiger partial charge in [-0.1, -0.05) is 103 Å². The molecule has 0 N–H and O–H groups in total. The molecule has 190 valence electrons. The molecule has 2 heteroatoms. The summed E-state index contributed by atoms with van der Waals surface area (Å²) in [5, 5.41) is 5.08. The van der Waals surface area contributed by atoms with Gasteiger partial charge >= 0.3 is 0 Å². The number of nitrogens with zero attached hydrogens (tertiary/aromatic N) is 2. The molecule has 0 amide bonds. The van der Waals surface area contributed by atoms with E-state index in [1.54, 1.807) is 0 Å². The molecule has 2 nitrogen and oxygen atoms in total. The van der Waals surface area contributed by atoms with Gasteiger partial charge in [0.1, 0.15) is 0 Å². The molecule has 0 spiro atoms. The molecule has 0 saturated heterocycles. The van der Waals surface area contributed by atoms with Crippen LogP contribution >= 0.6 is 0 Å². The van der Waals surface area contributed by atoms with Gasteiger partial charge in [0.05, 0.1) is 33.4 Å². The molecule has 0 radical (unpaired) electrons. The first kappa shape index (κ1) is 22.9. The molecule has 0 aliphatic heterocycles. The fourth-order valence-electron chi connectivity index (χ4n) is 6.66. The summed E-state index contributed by atoms with van der Waals surface area (Å²) >= 11 is 0. The van der Waals surface area contributed by atoms with Crippen LogP contribution in [-0.4, -0.2) is 9.13 Å². The van der Waals surface area contributed by atoms with E-state index in [0.717, 1.165) is 0 Å². The summed E-state index contributed by atoms with van der Waals surface area (Å²) in [6.45, 7) is 4.49. The number of rotatable bonds is 3. The Balaban J connectivity index is 1.59. The molecule has 0 fully saturated rings. The van der Waals surface area contributed by atoms with Crippen LogP contribution in [0, 0.1) is 13.8 Å². The second kappa shape index (κ2) is 8.72. The van der Waals surface area contributed by atoms with E-state index >= 15 is 0 Å². The summed E-state index contributed by atoms with van der Waals surface area (Å²) < 4.78 is 4.94. The lowest BCUT2D eigenvalue weighted by atomic mass is 9.94. The highest BCUT2D eigenvalue weighted by Crippen LogP contribution is 2.42. The van der Waals surface area contributed by atoms with Crippen molar-refractivity contribution < 1.29 is 0 Å². The lowest BCUT2D eigenvalue weighted by Gasteiger charge is -2.22. The van der Waals surface area contributed by atoms with E-state index in [4.69, 9.17) is 0 Å². The fourth-order valence-corrected chi connectivity index (χ4v) is 6.66. The summed E-state index contributed by atoms with van der Waals surface area (Å²) in [6.07, 6.45) is 0. The van der Waals surface area contributed by atoms with Crippen molar-refractivity contribution in [3.05, 3.63) is 145 Å². The number of fused-ring (bicyclic) bond motifs is 6. The number of aromatic nitrogens is 2. The number of para-hydroxylation sites is 4. The Morgan fingerprint density at radius 3 is 1.30 bits per heavy atom. The van der Waals surface area contributed by atoms with Gasteiger partial charge in [-0.2, -0.15) is 0 Å². The van der Waals surface area contributed by atoms with Gasteiger partial charge in [0.25, 0.3) is 0 Å². The summed E-state index contributed by atoms with van der Waals surface area (Å²) in [5.74, 6) is 0. The second-order valence-electron chi connectivity index (χ2n) is 10.7. The zero-order valence-electron chi connectivity index (χ0n) is 22.6. The Labute approximate surface area is 233 Å². The van der Waals surface area contributed by atoms with Crippen molar-refractivity contribution in [3.8, 4) is 22.5 Å². The van der Waals surface area contributed by atoms with Crippen LogP contribution in [0.15, 0.2) is 133 Å². The fraction of sp³-hybridized carbons (Fsp3) is 0.0526. The van der Waals surface area contributed by atoms with Crippen LogP contribution in [0.5, 0.6) is 0 Å². The monoisotopic (exact) mass is 512 g/mol. The van der Waals surface area contributed by atoms with Gasteiger partial charge < -0.3 is 9.13 Å². The maximum absolute atomic E-state index is 2.49. The van der Waals surface area contributed by atoms with Gasteiger partial charge in [-0.3, -0.25) is 0 Å². The highest BCUT2D eigenvalue weighted by atomic mass is 15.1. The van der Waals surface area contributed by atoms with Gasteiger partial charge in [0.15, 0.2) is 0 Å². The lowest BCUT2D eigenvalue weighted by molar-refractivity contribution is 1.08. The van der Waals surface area contributed by atoms with Crippen molar-refractivity contribution >= 4 is 43.6 Å². The highest BCUT2D eigenvalue weighted by Gasteiger charge is 2.22. The first-order chi connectivity index (χ1) is 19.7. The minimum atomic E-state index is 1.18. The van der Waals surface area contributed by atoms with Gasteiger partial charge in [0, 0.05) is 21.5 Å². The minimum Gasteiger partial charge on any atom is -0.307 e. The maximum atomic E-state index is 2.49. The molecule has 0 saturated carbocycles. The van der Waals surface area contributed by atoms with Crippen molar-refractivity contribution in [1.29, 1.82) is 0 Å². The number of aryl methyl sites for hydroxylation is 1. The lowest BCUT2D eigenvalue weighted by Crippen LogP contribution is -2.07. The van der Waals surface area contributed by atoms with Gasteiger partial charge in [-0.15, -0.1) is 0 Å². The zero-order chi connectivity index (χ0) is 26.8. The average molecular weight is 513 g/mol. The van der Waals surface area contributed by atoms with Crippen molar-refractivity contribution in [2.75, 3.05) is 0 Å². The molecule has 2 heterocycles. The first-order valence-electron chi connectivity index (χ1n) is 13.9. The molecule has 0 bridgehead atoms. The Bertz CT molecular complexity index is 2140. The van der Waals surface area contributed by atoms with Gasteiger partial charge in [0.2, 0.25) is 0 Å². The molecular weight excluding hydrogens is 484 g/mol. The third-order valence-electron chi connectivity index (χ3n) is 8.47. The van der Waals surface area contributed by atoms with E-state index in [9.17, 15) is 0 Å². The smallest absolute Gasteiger partial charge is 0.0738 e. The van der Waals surface area contributed by atoms with Crippen molar-refractivity contribution in [2.45, 2.75) is 13.8 Å². The van der Waals surface area contributed by atoms with Crippen LogP contribution in [0.4, 0.5) is 0 Å². The predicted octanol–water partition coefficient (Wildman–Crippen LogP) is 10.2. The average Bonchev–Trinajstić information content (AvgIpc) is 3.51. The topological polar surface area (TPSA) is 9.86 Å². The molecular formula is C38H28N2. The molecule has 0 atom stereocenters. The summed E-state index contributed by atoms with van der Waals surface area (Å²) in [5.41, 5.74) is 12.3. The summed E-state index contributed by atoms with van der Waals surface area (Å²) in [6, 6.07) is 48.5. The van der Waals surface area contributed by atoms with E-state index in [-0.39, 0.29) is 0 Å². The van der Waals surface area contributed by atoms with Crippen LogP contribution in [-0.2, 0) is 0 Å². The van der Waals surface area contributed by atoms with Crippen molar-refractivity contribution in [1.82, 2.24) is 9.13 Å². The summed E-state index contributed by atoms with van der Waals surface area (Å²) in [4.78, 5) is 0. The van der Waals surface area contributed by atoms with E-state index in [2.05, 4.69) is 156 Å². The van der Waals surface area contributed by atoms with E-state index in [1.807, 2.05) is 0 Å². The first-order valence-corrected chi connectivity index (χ1v) is 13.9. The third kappa shape index (κ3) is 3.17. The van der Waals surface area contributed by atoms with E-state index in [0.29, 0.717) is 0 Å². The third-order valence-corrected chi connectivity index (χ3v) is 8.47. The summed E-state index contributed by atoms with van der Waals surface area (Å²) in [7, 11) is 0. The number of hydrogen-bond acceptors (Lipinski definition) is 0. The molecule has 2 aromatic heterocycles. The van der Waals surface area contributed by atoms with Gasteiger partial charge in [-0.05, 0) is 66.4 Å². The van der Waals surface area contributed by atoms with Crippen LogP contribution < -0.4 is 0 Å². The number of hydrogen-bond donors (Lipinski definition) is 0. The quantitative estimate of drug-likeness (QED) is 0.223. The van der Waals surface area contributed by atoms with Crippen LogP contribution in [0.2, 0.25) is 0 Å². The molecule has 8 rings (SSSR count).